The van der Waals surface area contributed by atoms with Crippen LogP contribution >= 0.6 is 11.6 Å². The van der Waals surface area contributed by atoms with E-state index in [1.807, 2.05) is 19.1 Å². The molecule has 1 aromatic heterocycles. The van der Waals surface area contributed by atoms with Crippen molar-refractivity contribution in [3.05, 3.63) is 64.3 Å². The van der Waals surface area contributed by atoms with E-state index in [0.717, 1.165) is 16.5 Å². The predicted octanol–water partition coefficient (Wildman–Crippen LogP) is 2.88. The van der Waals surface area contributed by atoms with Gasteiger partial charge in [-0.25, -0.2) is 0 Å². The fourth-order valence-electron chi connectivity index (χ4n) is 3.30. The number of ether oxygens (including phenoxy) is 1. The highest BCUT2D eigenvalue weighted by molar-refractivity contribution is 7.85. The number of aliphatic hydroxyl groups excluding tert-OH is 1. The average Bonchev–Trinajstić information content (AvgIpc) is 3.08. The van der Waals surface area contributed by atoms with Crippen LogP contribution in [-0.2, 0) is 27.4 Å². The molecule has 0 aliphatic carbocycles. The van der Waals surface area contributed by atoms with Crippen LogP contribution in [0.5, 0.6) is 0 Å². The van der Waals surface area contributed by atoms with Gasteiger partial charge in [0.15, 0.2) is 0 Å². The fourth-order valence-corrected chi connectivity index (χ4v) is 4.57. The molecule has 0 aliphatic heterocycles. The number of hydrogen-bond donors (Lipinski definition) is 2. The quantitative estimate of drug-likeness (QED) is 0.526. The first-order chi connectivity index (χ1) is 14.7. The minimum absolute atomic E-state index is 0.237. The molecule has 0 bridgehead atoms. The Hall–Kier alpha value is -2.68. The number of benzene rings is 2. The number of hydrogen-bond acceptors (Lipinski definition) is 5. The zero-order valence-electron chi connectivity index (χ0n) is 17.3. The molecule has 0 saturated carbocycles. The maximum Gasteiger partial charge on any atom is 0.318 e. The molecule has 0 fully saturated rings. The van der Waals surface area contributed by atoms with Gasteiger partial charge < -0.3 is 19.7 Å². The van der Waals surface area contributed by atoms with E-state index in [2.05, 4.69) is 10.1 Å². The number of nitrogens with zero attached hydrogens (tertiary/aromatic N) is 1. The molecule has 9 heteroatoms. The van der Waals surface area contributed by atoms with Gasteiger partial charge in [-0.15, -0.1) is 0 Å². The molecule has 3 rings (SSSR count). The van der Waals surface area contributed by atoms with Gasteiger partial charge in [0, 0.05) is 17.3 Å². The van der Waals surface area contributed by atoms with Gasteiger partial charge in [-0.2, -0.15) is 0 Å². The summed E-state index contributed by atoms with van der Waals surface area (Å²) in [5.41, 5.74) is 2.88. The second kappa shape index (κ2) is 9.64. The van der Waals surface area contributed by atoms with E-state index in [1.54, 1.807) is 41.9 Å². The van der Waals surface area contributed by atoms with Crippen molar-refractivity contribution in [1.82, 2.24) is 9.88 Å². The third-order valence-corrected chi connectivity index (χ3v) is 6.61. The van der Waals surface area contributed by atoms with Crippen molar-refractivity contribution in [2.24, 2.45) is 7.05 Å². The van der Waals surface area contributed by atoms with Crippen LogP contribution < -0.4 is 5.32 Å². The summed E-state index contributed by atoms with van der Waals surface area (Å²) >= 11 is 6.32. The summed E-state index contributed by atoms with van der Waals surface area (Å²) in [6.07, 6.45) is 0. The van der Waals surface area contributed by atoms with E-state index in [0.29, 0.717) is 21.2 Å². The van der Waals surface area contributed by atoms with Crippen LogP contribution in [0.2, 0.25) is 5.02 Å². The Kier molecular flexibility index (Phi) is 7.15. The molecule has 0 spiro atoms. The summed E-state index contributed by atoms with van der Waals surface area (Å²) in [6, 6.07) is 11.4. The molecule has 0 radical (unpaired) electrons. The lowest BCUT2D eigenvalue weighted by Crippen LogP contribution is -2.32. The van der Waals surface area contributed by atoms with Crippen molar-refractivity contribution in [2.45, 2.75) is 17.9 Å². The molecule has 31 heavy (non-hydrogen) atoms. The summed E-state index contributed by atoms with van der Waals surface area (Å²) in [5, 5.41) is 14.0. The number of aromatic nitrogens is 1. The third-order valence-electron chi connectivity index (χ3n) is 5.00. The van der Waals surface area contributed by atoms with Gasteiger partial charge in [-0.1, -0.05) is 23.7 Å². The normalized spacial score (nSPS) is 13.1. The van der Waals surface area contributed by atoms with Crippen LogP contribution in [0.25, 0.3) is 10.9 Å². The van der Waals surface area contributed by atoms with Gasteiger partial charge in [-0.3, -0.25) is 13.8 Å². The number of carbonyl (C=O) groups excluding carboxylic acids is 2. The number of fused-ring (bicyclic) bond motifs is 1. The minimum atomic E-state index is -1.53. The van der Waals surface area contributed by atoms with Crippen LogP contribution in [0, 0.1) is 6.92 Å². The second-order valence-electron chi connectivity index (χ2n) is 7.11. The Morgan fingerprint density at radius 1 is 1.23 bits per heavy atom. The van der Waals surface area contributed by atoms with Crippen molar-refractivity contribution >= 4 is 45.2 Å². The number of carbonyl (C=O) groups is 2. The van der Waals surface area contributed by atoms with Gasteiger partial charge >= 0.3 is 5.97 Å². The first-order valence-electron chi connectivity index (χ1n) is 9.47. The molecular weight excluding hydrogens is 440 g/mol. The fraction of sp³-hybridized carbons (Fsp3) is 0.273. The molecule has 2 atom stereocenters. The Labute approximate surface area is 187 Å². The third kappa shape index (κ3) is 4.98. The average molecular weight is 463 g/mol. The summed E-state index contributed by atoms with van der Waals surface area (Å²) in [4.78, 5) is 24.7. The van der Waals surface area contributed by atoms with Crippen molar-refractivity contribution in [1.29, 1.82) is 0 Å². The summed E-state index contributed by atoms with van der Waals surface area (Å²) in [6.45, 7) is 1.61. The SMILES string of the molecule is COC(=O)C[S@](=O)c1ccc([C@@H](CO)NC(=O)c2cc3c(Cl)cc(C)cc3n2C)cc1. The second-order valence-corrected chi connectivity index (χ2v) is 8.97. The smallest absolute Gasteiger partial charge is 0.318 e. The lowest BCUT2D eigenvalue weighted by Gasteiger charge is -2.17. The predicted molar refractivity (Wildman–Crippen MR) is 120 cm³/mol. The highest BCUT2D eigenvalue weighted by atomic mass is 35.5. The van der Waals surface area contributed by atoms with Gasteiger partial charge in [0.05, 0.1) is 41.1 Å². The minimum Gasteiger partial charge on any atom is -0.468 e. The van der Waals surface area contributed by atoms with E-state index in [-0.39, 0.29) is 18.3 Å². The molecule has 1 heterocycles. The van der Waals surface area contributed by atoms with Gasteiger partial charge in [0.1, 0.15) is 11.4 Å². The number of halogens is 1. The van der Waals surface area contributed by atoms with Crippen molar-refractivity contribution in [2.75, 3.05) is 19.5 Å². The number of aliphatic hydroxyl groups is 1. The van der Waals surface area contributed by atoms with Crippen molar-refractivity contribution in [3.63, 3.8) is 0 Å². The molecule has 2 N–H and O–H groups in total. The van der Waals surface area contributed by atoms with Crippen LogP contribution in [0.15, 0.2) is 47.4 Å². The van der Waals surface area contributed by atoms with Crippen LogP contribution in [-0.4, -0.2) is 45.2 Å². The van der Waals surface area contributed by atoms with Crippen LogP contribution in [0.1, 0.15) is 27.7 Å². The number of aryl methyl sites for hydroxylation is 2. The number of rotatable bonds is 7. The van der Waals surface area contributed by atoms with Gasteiger partial charge in [0.25, 0.3) is 5.91 Å². The Morgan fingerprint density at radius 2 is 1.90 bits per heavy atom. The summed E-state index contributed by atoms with van der Waals surface area (Å²) in [5.74, 6) is -1.16. The van der Waals surface area contributed by atoms with Crippen molar-refractivity contribution in [3.8, 4) is 0 Å². The standard InChI is InChI=1S/C22H23ClN2O5S/c1-13-8-17(23)16-10-20(25(2)19(16)9-13)22(28)24-18(11-26)14-4-6-15(7-5-14)31(29)12-21(27)30-3/h4-10,18,26H,11-12H2,1-3H3,(H,24,28)/t18-,31+/m1/s1. The largest absolute Gasteiger partial charge is 0.468 e. The molecule has 7 nitrogen and oxygen atoms in total. The molecule has 0 aliphatic rings. The van der Waals surface area contributed by atoms with Crippen molar-refractivity contribution < 1.29 is 23.6 Å². The summed E-state index contributed by atoms with van der Waals surface area (Å²) in [7, 11) is 1.49. The van der Waals surface area contributed by atoms with E-state index < -0.39 is 22.8 Å². The highest BCUT2D eigenvalue weighted by Crippen LogP contribution is 2.28. The molecular formula is C22H23ClN2O5S. The van der Waals surface area contributed by atoms with E-state index in [1.165, 1.54) is 7.11 Å². The first kappa shape index (κ1) is 23.0. The lowest BCUT2D eigenvalue weighted by atomic mass is 10.1. The van der Waals surface area contributed by atoms with Gasteiger partial charge in [-0.05, 0) is 48.4 Å². The Morgan fingerprint density at radius 3 is 2.52 bits per heavy atom. The highest BCUT2D eigenvalue weighted by Gasteiger charge is 2.20. The Balaban J connectivity index is 1.80. The Bertz CT molecular complexity index is 1160. The van der Waals surface area contributed by atoms with Crippen LogP contribution in [0.4, 0.5) is 0 Å². The molecule has 0 unspecified atom stereocenters. The number of methoxy groups -OCH3 is 1. The topological polar surface area (TPSA) is 97.6 Å². The lowest BCUT2D eigenvalue weighted by molar-refractivity contribution is -0.137. The number of nitrogens with one attached hydrogen (secondary N) is 1. The first-order valence-corrected chi connectivity index (χ1v) is 11.2. The number of amides is 1. The maximum absolute atomic E-state index is 12.9. The van der Waals surface area contributed by atoms with Crippen LogP contribution in [0.3, 0.4) is 0 Å². The molecule has 0 saturated heterocycles. The van der Waals surface area contributed by atoms with E-state index in [4.69, 9.17) is 11.6 Å². The summed E-state index contributed by atoms with van der Waals surface area (Å²) < 4.78 is 18.5. The number of esters is 1. The molecule has 1 amide bonds. The van der Waals surface area contributed by atoms with E-state index in [9.17, 15) is 18.9 Å². The zero-order valence-corrected chi connectivity index (χ0v) is 18.9. The molecule has 164 valence electrons. The maximum atomic E-state index is 12.9. The van der Waals surface area contributed by atoms with Gasteiger partial charge in [0.2, 0.25) is 0 Å². The molecule has 3 aromatic rings. The zero-order chi connectivity index (χ0) is 22.7. The monoisotopic (exact) mass is 462 g/mol. The van der Waals surface area contributed by atoms with E-state index >= 15 is 0 Å². The molecule has 2 aromatic carbocycles.